The molecule has 1 rings (SSSR count). The van der Waals surface area contributed by atoms with Gasteiger partial charge in [-0.05, 0) is 42.7 Å². The third-order valence-electron chi connectivity index (χ3n) is 2.68. The van der Waals surface area contributed by atoms with Crippen LogP contribution in [0.5, 0.6) is 0 Å². The van der Waals surface area contributed by atoms with Crippen molar-refractivity contribution >= 4 is 23.2 Å². The zero-order valence-electron chi connectivity index (χ0n) is 11.0. The molecular weight excluding hydrogens is 250 g/mol. The molecule has 0 atom stereocenters. The van der Waals surface area contributed by atoms with Crippen molar-refractivity contribution < 1.29 is 14.3 Å². The number of nitrogens with zero attached hydrogens (tertiary/aromatic N) is 1. The second kappa shape index (κ2) is 7.16. The number of rotatable bonds is 6. The van der Waals surface area contributed by atoms with Gasteiger partial charge in [0.2, 0.25) is 5.91 Å². The highest BCUT2D eigenvalue weighted by molar-refractivity contribution is 7.07. The number of aryl methyl sites for hydroxylation is 1. The predicted octanol–water partition coefficient (Wildman–Crippen LogP) is 2.09. The molecule has 0 N–H and O–H groups in total. The second-order valence-electron chi connectivity index (χ2n) is 4.32. The third kappa shape index (κ3) is 4.49. The first kappa shape index (κ1) is 14.7. The van der Waals surface area contributed by atoms with Crippen molar-refractivity contribution in [2.75, 3.05) is 13.7 Å². The van der Waals surface area contributed by atoms with Gasteiger partial charge >= 0.3 is 5.97 Å². The Morgan fingerprint density at radius 2 is 2.17 bits per heavy atom. The monoisotopic (exact) mass is 269 g/mol. The van der Waals surface area contributed by atoms with Gasteiger partial charge in [0.1, 0.15) is 6.54 Å². The van der Waals surface area contributed by atoms with Gasteiger partial charge in [0.15, 0.2) is 0 Å². The fourth-order valence-electron chi connectivity index (χ4n) is 1.59. The molecule has 1 aromatic heterocycles. The number of hydrogen-bond acceptors (Lipinski definition) is 4. The highest BCUT2D eigenvalue weighted by Gasteiger charge is 2.20. The van der Waals surface area contributed by atoms with Crippen LogP contribution in [0.3, 0.4) is 0 Å². The summed E-state index contributed by atoms with van der Waals surface area (Å²) in [6, 6.07) is 2.01. The van der Waals surface area contributed by atoms with Crippen molar-refractivity contribution in [2.45, 2.75) is 32.7 Å². The van der Waals surface area contributed by atoms with E-state index in [1.165, 1.54) is 7.11 Å². The minimum Gasteiger partial charge on any atom is -0.468 e. The molecule has 1 aromatic rings. The summed E-state index contributed by atoms with van der Waals surface area (Å²) < 4.78 is 4.60. The Bertz CT molecular complexity index is 387. The van der Waals surface area contributed by atoms with Gasteiger partial charge in [-0.25, -0.2) is 0 Å². The molecule has 0 saturated heterocycles. The lowest BCUT2D eigenvalue weighted by Crippen LogP contribution is -2.41. The number of amides is 1. The molecule has 18 heavy (non-hydrogen) atoms. The minimum absolute atomic E-state index is 0.000857. The lowest BCUT2D eigenvalue weighted by atomic mass is 10.1. The summed E-state index contributed by atoms with van der Waals surface area (Å²) in [5.41, 5.74) is 1.16. The zero-order valence-corrected chi connectivity index (χ0v) is 11.8. The fourth-order valence-corrected chi connectivity index (χ4v) is 2.30. The number of esters is 1. The standard InChI is InChI=1S/C13H19NO3S/c1-10(2)14(8-13(16)17-3)12(15)5-4-11-6-7-18-9-11/h6-7,9-10H,4-5,8H2,1-3H3. The van der Waals surface area contributed by atoms with Gasteiger partial charge in [-0.1, -0.05) is 0 Å². The first-order valence-corrected chi connectivity index (χ1v) is 6.86. The van der Waals surface area contributed by atoms with E-state index in [2.05, 4.69) is 4.74 Å². The maximum Gasteiger partial charge on any atom is 0.325 e. The Kier molecular flexibility index (Phi) is 5.85. The van der Waals surface area contributed by atoms with E-state index in [0.29, 0.717) is 12.8 Å². The Balaban J connectivity index is 2.51. The van der Waals surface area contributed by atoms with Gasteiger partial charge < -0.3 is 9.64 Å². The highest BCUT2D eigenvalue weighted by atomic mass is 32.1. The Hall–Kier alpha value is -1.36. The number of ether oxygens (including phenoxy) is 1. The normalized spacial score (nSPS) is 10.4. The van der Waals surface area contributed by atoms with Gasteiger partial charge in [-0.2, -0.15) is 11.3 Å². The summed E-state index contributed by atoms with van der Waals surface area (Å²) in [5.74, 6) is -0.394. The van der Waals surface area contributed by atoms with Crippen molar-refractivity contribution in [3.05, 3.63) is 22.4 Å². The topological polar surface area (TPSA) is 46.6 Å². The molecular formula is C13H19NO3S. The lowest BCUT2D eigenvalue weighted by molar-refractivity contribution is -0.148. The molecule has 0 aromatic carbocycles. The first-order chi connectivity index (χ1) is 8.54. The van der Waals surface area contributed by atoms with Crippen LogP contribution in [-0.2, 0) is 20.7 Å². The predicted molar refractivity (Wildman–Crippen MR) is 71.5 cm³/mol. The van der Waals surface area contributed by atoms with E-state index in [1.54, 1.807) is 16.2 Å². The molecule has 1 amide bonds. The number of carbonyl (C=O) groups excluding carboxylic acids is 2. The molecule has 0 spiro atoms. The largest absolute Gasteiger partial charge is 0.468 e. The van der Waals surface area contributed by atoms with Crippen molar-refractivity contribution in [1.29, 1.82) is 0 Å². The lowest BCUT2D eigenvalue weighted by Gasteiger charge is -2.25. The van der Waals surface area contributed by atoms with Crippen LogP contribution < -0.4 is 0 Å². The Morgan fingerprint density at radius 1 is 1.44 bits per heavy atom. The molecule has 1 heterocycles. The summed E-state index contributed by atoms with van der Waals surface area (Å²) in [6.07, 6.45) is 1.14. The Labute approximate surface area is 112 Å². The number of carbonyl (C=O) groups is 2. The SMILES string of the molecule is COC(=O)CN(C(=O)CCc1ccsc1)C(C)C. The van der Waals surface area contributed by atoms with Gasteiger partial charge in [0, 0.05) is 12.5 Å². The molecule has 0 radical (unpaired) electrons. The van der Waals surface area contributed by atoms with E-state index >= 15 is 0 Å². The maximum atomic E-state index is 12.1. The van der Waals surface area contributed by atoms with Crippen LogP contribution in [0.2, 0.25) is 0 Å². The number of hydrogen-bond donors (Lipinski definition) is 0. The van der Waals surface area contributed by atoms with Crippen LogP contribution in [0.4, 0.5) is 0 Å². The molecule has 0 fully saturated rings. The van der Waals surface area contributed by atoms with Crippen molar-refractivity contribution in [3.8, 4) is 0 Å². The van der Waals surface area contributed by atoms with Crippen molar-refractivity contribution in [2.24, 2.45) is 0 Å². The van der Waals surface area contributed by atoms with Crippen LogP contribution in [0, 0.1) is 0 Å². The maximum absolute atomic E-state index is 12.1. The average molecular weight is 269 g/mol. The highest BCUT2D eigenvalue weighted by Crippen LogP contribution is 2.10. The minimum atomic E-state index is -0.382. The summed E-state index contributed by atoms with van der Waals surface area (Å²) in [6.45, 7) is 3.81. The zero-order chi connectivity index (χ0) is 13.5. The fraction of sp³-hybridized carbons (Fsp3) is 0.538. The number of methoxy groups -OCH3 is 1. The summed E-state index contributed by atoms with van der Waals surface area (Å²) in [5, 5.41) is 4.03. The smallest absolute Gasteiger partial charge is 0.325 e. The molecule has 0 aliphatic rings. The Morgan fingerprint density at radius 3 is 2.67 bits per heavy atom. The molecule has 0 aliphatic carbocycles. The van der Waals surface area contributed by atoms with Crippen LogP contribution in [0.15, 0.2) is 16.8 Å². The van der Waals surface area contributed by atoms with Gasteiger partial charge in [-0.3, -0.25) is 9.59 Å². The van der Waals surface area contributed by atoms with Crippen LogP contribution >= 0.6 is 11.3 Å². The summed E-state index contributed by atoms with van der Waals surface area (Å²) >= 11 is 1.62. The number of thiophene rings is 1. The van der Waals surface area contributed by atoms with E-state index in [9.17, 15) is 9.59 Å². The molecule has 4 nitrogen and oxygen atoms in total. The van der Waals surface area contributed by atoms with E-state index in [0.717, 1.165) is 5.56 Å². The average Bonchev–Trinajstić information content (AvgIpc) is 2.85. The molecule has 5 heteroatoms. The van der Waals surface area contributed by atoms with E-state index in [1.807, 2.05) is 30.7 Å². The van der Waals surface area contributed by atoms with E-state index in [4.69, 9.17) is 0 Å². The molecule has 100 valence electrons. The molecule has 0 unspecified atom stereocenters. The molecule has 0 aliphatic heterocycles. The summed E-state index contributed by atoms with van der Waals surface area (Å²) in [4.78, 5) is 24.9. The quantitative estimate of drug-likeness (QED) is 0.743. The van der Waals surface area contributed by atoms with Gasteiger partial charge in [0.25, 0.3) is 0 Å². The van der Waals surface area contributed by atoms with Crippen LogP contribution in [0.25, 0.3) is 0 Å². The van der Waals surface area contributed by atoms with E-state index < -0.39 is 0 Å². The molecule has 0 bridgehead atoms. The van der Waals surface area contributed by atoms with Gasteiger partial charge in [-0.15, -0.1) is 0 Å². The van der Waals surface area contributed by atoms with Crippen LogP contribution in [0.1, 0.15) is 25.8 Å². The summed E-state index contributed by atoms with van der Waals surface area (Å²) in [7, 11) is 1.33. The van der Waals surface area contributed by atoms with E-state index in [-0.39, 0.29) is 24.5 Å². The van der Waals surface area contributed by atoms with Crippen molar-refractivity contribution in [1.82, 2.24) is 4.90 Å². The third-order valence-corrected chi connectivity index (χ3v) is 3.41. The first-order valence-electron chi connectivity index (χ1n) is 5.92. The van der Waals surface area contributed by atoms with Crippen LogP contribution in [-0.4, -0.2) is 36.5 Å². The van der Waals surface area contributed by atoms with Gasteiger partial charge in [0.05, 0.1) is 7.11 Å². The second-order valence-corrected chi connectivity index (χ2v) is 5.10. The molecule has 0 saturated carbocycles. The van der Waals surface area contributed by atoms with Crippen molar-refractivity contribution in [3.63, 3.8) is 0 Å².